The van der Waals surface area contributed by atoms with E-state index in [4.69, 9.17) is 4.74 Å². The maximum Gasteiger partial charge on any atom is 0.320 e. The monoisotopic (exact) mass is 443 g/mol. The lowest BCUT2D eigenvalue weighted by Gasteiger charge is -2.35. The van der Waals surface area contributed by atoms with Gasteiger partial charge in [-0.2, -0.15) is 0 Å². The Morgan fingerprint density at radius 3 is 2.30 bits per heavy atom. The minimum absolute atomic E-state index is 0.163. The number of carbonyl (C=O) groups excluding carboxylic acids is 1. The highest BCUT2D eigenvalue weighted by atomic mass is 16.5. The molecule has 2 fully saturated rings. The molecule has 3 heterocycles. The number of rotatable bonds is 3. The third kappa shape index (κ3) is 4.82. The number of likely N-dealkylation sites (tertiary alicyclic amines) is 2. The SMILES string of the molecule is Cc1c(-c2ccc(OC3CCN(C(=O)N4CCCCCC4)CC3)cc2)ccc2cccnc12. The van der Waals surface area contributed by atoms with Crippen LogP contribution in [0.15, 0.2) is 54.7 Å². The van der Waals surface area contributed by atoms with Crippen LogP contribution in [0.4, 0.5) is 4.79 Å². The zero-order valence-electron chi connectivity index (χ0n) is 19.5. The number of urea groups is 1. The first-order valence-corrected chi connectivity index (χ1v) is 12.3. The van der Waals surface area contributed by atoms with Gasteiger partial charge in [-0.15, -0.1) is 0 Å². The fourth-order valence-corrected chi connectivity index (χ4v) is 5.14. The van der Waals surface area contributed by atoms with Crippen molar-refractivity contribution in [2.75, 3.05) is 26.2 Å². The van der Waals surface area contributed by atoms with E-state index in [0.717, 1.165) is 63.1 Å². The van der Waals surface area contributed by atoms with E-state index in [-0.39, 0.29) is 12.1 Å². The summed E-state index contributed by atoms with van der Waals surface area (Å²) in [6, 6.07) is 17.0. The van der Waals surface area contributed by atoms with E-state index in [1.54, 1.807) is 0 Å². The van der Waals surface area contributed by atoms with Crippen molar-refractivity contribution in [2.45, 2.75) is 51.6 Å². The summed E-state index contributed by atoms with van der Waals surface area (Å²) in [7, 11) is 0. The molecule has 0 spiro atoms. The van der Waals surface area contributed by atoms with Gasteiger partial charge in [-0.3, -0.25) is 4.98 Å². The summed E-state index contributed by atoms with van der Waals surface area (Å²) < 4.78 is 6.28. The van der Waals surface area contributed by atoms with Crippen molar-refractivity contribution < 1.29 is 9.53 Å². The van der Waals surface area contributed by atoms with Crippen LogP contribution in [-0.4, -0.2) is 53.1 Å². The lowest BCUT2D eigenvalue weighted by molar-refractivity contribution is 0.0952. The Balaban J connectivity index is 1.19. The van der Waals surface area contributed by atoms with Gasteiger partial charge in [-0.1, -0.05) is 43.2 Å². The maximum atomic E-state index is 12.9. The summed E-state index contributed by atoms with van der Waals surface area (Å²) in [5.74, 6) is 0.896. The van der Waals surface area contributed by atoms with Crippen LogP contribution in [0.3, 0.4) is 0 Å². The van der Waals surface area contributed by atoms with Crippen molar-refractivity contribution in [3.8, 4) is 16.9 Å². The van der Waals surface area contributed by atoms with Crippen molar-refractivity contribution in [3.63, 3.8) is 0 Å². The van der Waals surface area contributed by atoms with Crippen LogP contribution in [-0.2, 0) is 0 Å². The van der Waals surface area contributed by atoms with Gasteiger partial charge < -0.3 is 14.5 Å². The smallest absolute Gasteiger partial charge is 0.320 e. The third-order valence-electron chi connectivity index (χ3n) is 7.08. The van der Waals surface area contributed by atoms with Gasteiger partial charge in [0.1, 0.15) is 11.9 Å². The Morgan fingerprint density at radius 2 is 1.58 bits per heavy atom. The molecular weight excluding hydrogens is 410 g/mol. The molecule has 2 amide bonds. The molecule has 0 saturated carbocycles. The molecule has 0 unspecified atom stereocenters. The molecule has 5 nitrogen and oxygen atoms in total. The molecular formula is C28H33N3O2. The van der Waals surface area contributed by atoms with Gasteiger partial charge in [0.2, 0.25) is 0 Å². The zero-order chi connectivity index (χ0) is 22.6. The number of amides is 2. The van der Waals surface area contributed by atoms with Crippen molar-refractivity contribution in [1.29, 1.82) is 0 Å². The standard InChI is InChI=1S/C28H33N3O2/c1-21-26(13-10-23-7-6-16-29-27(21)23)22-8-11-24(12-9-22)33-25-14-19-31(20-15-25)28(32)30-17-4-2-3-5-18-30/h6-13,16,25H,2-5,14-15,17-20H2,1H3. The largest absolute Gasteiger partial charge is 0.490 e. The Hall–Kier alpha value is -3.08. The molecule has 1 aromatic heterocycles. The fourth-order valence-electron chi connectivity index (χ4n) is 5.14. The van der Waals surface area contributed by atoms with E-state index in [0.29, 0.717) is 0 Å². The number of hydrogen-bond acceptors (Lipinski definition) is 3. The van der Waals surface area contributed by atoms with E-state index >= 15 is 0 Å². The van der Waals surface area contributed by atoms with E-state index in [9.17, 15) is 4.79 Å². The zero-order valence-corrected chi connectivity index (χ0v) is 19.5. The molecule has 0 N–H and O–H groups in total. The van der Waals surface area contributed by atoms with E-state index in [2.05, 4.69) is 59.3 Å². The number of pyridine rings is 1. The normalized spacial score (nSPS) is 17.7. The molecule has 5 rings (SSSR count). The van der Waals surface area contributed by atoms with Gasteiger partial charge in [0.25, 0.3) is 0 Å². The first-order chi connectivity index (χ1) is 16.2. The van der Waals surface area contributed by atoms with E-state index in [1.807, 2.05) is 17.2 Å². The summed E-state index contributed by atoms with van der Waals surface area (Å²) >= 11 is 0. The molecule has 0 aliphatic carbocycles. The molecule has 172 valence electrons. The summed E-state index contributed by atoms with van der Waals surface area (Å²) in [4.78, 5) is 21.5. The quantitative estimate of drug-likeness (QED) is 0.495. The molecule has 2 aliphatic rings. The van der Waals surface area contributed by atoms with Crippen molar-refractivity contribution in [2.24, 2.45) is 0 Å². The number of fused-ring (bicyclic) bond motifs is 1. The number of nitrogens with zero attached hydrogens (tertiary/aromatic N) is 3. The Morgan fingerprint density at radius 1 is 0.879 bits per heavy atom. The van der Waals surface area contributed by atoms with Crippen LogP contribution in [0.1, 0.15) is 44.1 Å². The van der Waals surface area contributed by atoms with E-state index in [1.165, 1.54) is 34.9 Å². The summed E-state index contributed by atoms with van der Waals surface area (Å²) in [5, 5.41) is 1.17. The van der Waals surface area contributed by atoms with Gasteiger partial charge in [0.05, 0.1) is 5.52 Å². The Bertz CT molecular complexity index is 1100. The van der Waals surface area contributed by atoms with Crippen molar-refractivity contribution in [3.05, 3.63) is 60.3 Å². The highest BCUT2D eigenvalue weighted by Gasteiger charge is 2.27. The second kappa shape index (κ2) is 9.82. The molecule has 5 heteroatoms. The Labute approximate surface area is 196 Å². The molecule has 2 aromatic carbocycles. The molecule has 33 heavy (non-hydrogen) atoms. The van der Waals surface area contributed by atoms with Gasteiger partial charge in [-0.25, -0.2) is 4.79 Å². The topological polar surface area (TPSA) is 45.7 Å². The first-order valence-electron chi connectivity index (χ1n) is 12.3. The number of aromatic nitrogens is 1. The van der Waals surface area contributed by atoms with Crippen LogP contribution >= 0.6 is 0 Å². The van der Waals surface area contributed by atoms with Gasteiger partial charge in [0, 0.05) is 50.6 Å². The molecule has 0 bridgehead atoms. The highest BCUT2D eigenvalue weighted by molar-refractivity contribution is 5.88. The molecule has 2 saturated heterocycles. The van der Waals surface area contributed by atoms with Crippen molar-refractivity contribution in [1.82, 2.24) is 14.8 Å². The predicted molar refractivity (Wildman–Crippen MR) is 133 cm³/mol. The third-order valence-corrected chi connectivity index (χ3v) is 7.08. The van der Waals surface area contributed by atoms with Crippen LogP contribution in [0.5, 0.6) is 5.75 Å². The van der Waals surface area contributed by atoms with Crippen LogP contribution in [0.25, 0.3) is 22.0 Å². The number of hydrogen-bond donors (Lipinski definition) is 0. The summed E-state index contributed by atoms with van der Waals surface area (Å²) in [6.45, 7) is 5.52. The second-order valence-electron chi connectivity index (χ2n) is 9.33. The number of aryl methyl sites for hydroxylation is 1. The van der Waals surface area contributed by atoms with Crippen LogP contribution < -0.4 is 4.74 Å². The lowest BCUT2D eigenvalue weighted by atomic mass is 9.98. The lowest BCUT2D eigenvalue weighted by Crippen LogP contribution is -2.48. The maximum absolute atomic E-state index is 12.9. The summed E-state index contributed by atoms with van der Waals surface area (Å²) in [6.07, 6.45) is 8.55. The Kier molecular flexibility index (Phi) is 6.47. The molecule has 0 radical (unpaired) electrons. The number of ether oxygens (including phenoxy) is 1. The highest BCUT2D eigenvalue weighted by Crippen LogP contribution is 2.30. The van der Waals surface area contributed by atoms with Gasteiger partial charge in [-0.05, 0) is 54.7 Å². The molecule has 3 aromatic rings. The molecule has 0 atom stereocenters. The number of piperidine rings is 1. The fraction of sp³-hybridized carbons (Fsp3) is 0.429. The predicted octanol–water partition coefficient (Wildman–Crippen LogP) is 6.05. The minimum atomic E-state index is 0.163. The van der Waals surface area contributed by atoms with E-state index < -0.39 is 0 Å². The second-order valence-corrected chi connectivity index (χ2v) is 9.33. The summed E-state index contributed by atoms with van der Waals surface area (Å²) in [5.41, 5.74) is 4.62. The average Bonchev–Trinajstić information content (AvgIpc) is 3.15. The molecule has 2 aliphatic heterocycles. The number of benzene rings is 2. The first kappa shape index (κ1) is 21.7. The van der Waals surface area contributed by atoms with Crippen LogP contribution in [0, 0.1) is 6.92 Å². The average molecular weight is 444 g/mol. The van der Waals surface area contributed by atoms with Crippen LogP contribution in [0.2, 0.25) is 0 Å². The minimum Gasteiger partial charge on any atom is -0.490 e. The van der Waals surface area contributed by atoms with Gasteiger partial charge >= 0.3 is 6.03 Å². The number of carbonyl (C=O) groups is 1. The van der Waals surface area contributed by atoms with Crippen molar-refractivity contribution >= 4 is 16.9 Å². The van der Waals surface area contributed by atoms with Gasteiger partial charge in [0.15, 0.2) is 0 Å².